The zero-order valence-corrected chi connectivity index (χ0v) is 14.4. The largest absolute Gasteiger partial charge is 0.455 e. The van der Waals surface area contributed by atoms with Crippen molar-refractivity contribution in [3.8, 4) is 11.5 Å². The molecule has 2 aromatic carbocycles. The summed E-state index contributed by atoms with van der Waals surface area (Å²) >= 11 is 0. The lowest BCUT2D eigenvalue weighted by Gasteiger charge is -2.12. The summed E-state index contributed by atoms with van der Waals surface area (Å²) in [6.07, 6.45) is 0.589. The van der Waals surface area contributed by atoms with Crippen molar-refractivity contribution >= 4 is 17.5 Å². The Kier molecular flexibility index (Phi) is 5.03. The van der Waals surface area contributed by atoms with E-state index >= 15 is 0 Å². The Morgan fingerprint density at radius 3 is 2.32 bits per heavy atom. The minimum atomic E-state index is -0.275. The lowest BCUT2D eigenvalue weighted by molar-refractivity contribution is -0.125. The molecule has 130 valence electrons. The fourth-order valence-corrected chi connectivity index (χ4v) is 2.67. The van der Waals surface area contributed by atoms with Crippen molar-refractivity contribution in [2.24, 2.45) is 11.8 Å². The third-order valence-electron chi connectivity index (χ3n) is 4.01. The molecule has 2 unspecified atom stereocenters. The molecule has 0 heterocycles. The average Bonchev–Trinajstić information content (AvgIpc) is 3.38. The average molecular weight is 338 g/mol. The van der Waals surface area contributed by atoms with Gasteiger partial charge in [0.05, 0.1) is 17.5 Å². The molecular weight excluding hydrogens is 316 g/mol. The Hall–Kier alpha value is -2.82. The van der Waals surface area contributed by atoms with Gasteiger partial charge < -0.3 is 15.4 Å². The van der Waals surface area contributed by atoms with E-state index in [2.05, 4.69) is 10.6 Å². The monoisotopic (exact) mass is 338 g/mol. The smallest absolute Gasteiger partial charge is 0.228 e. The van der Waals surface area contributed by atoms with E-state index < -0.39 is 0 Å². The van der Waals surface area contributed by atoms with E-state index in [4.69, 9.17) is 4.74 Å². The summed E-state index contributed by atoms with van der Waals surface area (Å²) in [5, 5.41) is 5.74. The van der Waals surface area contributed by atoms with Crippen LogP contribution in [0, 0.1) is 11.8 Å². The number of ether oxygens (including phenoxy) is 1. The first-order valence-corrected chi connectivity index (χ1v) is 8.48. The van der Waals surface area contributed by atoms with Crippen LogP contribution in [0.25, 0.3) is 0 Å². The lowest BCUT2D eigenvalue weighted by atomic mass is 10.2. The van der Waals surface area contributed by atoms with Crippen molar-refractivity contribution in [1.82, 2.24) is 5.32 Å². The second-order valence-electron chi connectivity index (χ2n) is 6.51. The number of carbonyl (C=O) groups excluding carboxylic acids is 2. The molecule has 1 aliphatic carbocycles. The van der Waals surface area contributed by atoms with Crippen molar-refractivity contribution in [1.29, 1.82) is 0 Å². The van der Waals surface area contributed by atoms with Gasteiger partial charge in [-0.1, -0.05) is 30.3 Å². The van der Waals surface area contributed by atoms with E-state index in [1.807, 2.05) is 56.3 Å². The summed E-state index contributed by atoms with van der Waals surface area (Å²) in [6, 6.07) is 16.8. The van der Waals surface area contributed by atoms with Gasteiger partial charge in [-0.2, -0.15) is 0 Å². The maximum atomic E-state index is 12.4. The number of carbonyl (C=O) groups is 2. The van der Waals surface area contributed by atoms with Crippen molar-refractivity contribution in [3.05, 3.63) is 54.6 Å². The van der Waals surface area contributed by atoms with E-state index in [0.29, 0.717) is 23.6 Å². The predicted octanol–water partition coefficient (Wildman–Crippen LogP) is 3.58. The summed E-state index contributed by atoms with van der Waals surface area (Å²) in [5.74, 6) is 0.570. The van der Waals surface area contributed by atoms with Gasteiger partial charge in [0, 0.05) is 6.04 Å². The van der Waals surface area contributed by atoms with Crippen LogP contribution in [-0.4, -0.2) is 17.9 Å². The summed E-state index contributed by atoms with van der Waals surface area (Å²) in [5.41, 5.74) is 0.603. The molecule has 2 N–H and O–H groups in total. The van der Waals surface area contributed by atoms with Crippen LogP contribution in [0.2, 0.25) is 0 Å². The molecule has 0 saturated heterocycles. The molecular formula is C20H22N2O3. The first-order chi connectivity index (χ1) is 12.0. The van der Waals surface area contributed by atoms with Gasteiger partial charge in [-0.25, -0.2) is 0 Å². The number of hydrogen-bond acceptors (Lipinski definition) is 3. The summed E-state index contributed by atoms with van der Waals surface area (Å²) in [7, 11) is 0. The van der Waals surface area contributed by atoms with Crippen molar-refractivity contribution in [2.75, 3.05) is 5.32 Å². The Balaban J connectivity index is 1.64. The van der Waals surface area contributed by atoms with Gasteiger partial charge in [0.15, 0.2) is 5.75 Å². The van der Waals surface area contributed by atoms with E-state index in [1.165, 1.54) is 0 Å². The van der Waals surface area contributed by atoms with Crippen LogP contribution in [0.3, 0.4) is 0 Å². The molecule has 0 spiro atoms. The van der Waals surface area contributed by atoms with Gasteiger partial charge in [0.1, 0.15) is 5.75 Å². The highest BCUT2D eigenvalue weighted by molar-refractivity contribution is 6.00. The van der Waals surface area contributed by atoms with Crippen LogP contribution >= 0.6 is 0 Å². The number of amides is 2. The summed E-state index contributed by atoms with van der Waals surface area (Å²) in [4.78, 5) is 24.4. The van der Waals surface area contributed by atoms with Crippen LogP contribution in [0.1, 0.15) is 20.3 Å². The number of rotatable bonds is 6. The van der Waals surface area contributed by atoms with Crippen LogP contribution < -0.4 is 15.4 Å². The van der Waals surface area contributed by atoms with Gasteiger partial charge in [0.2, 0.25) is 11.8 Å². The van der Waals surface area contributed by atoms with Crippen molar-refractivity contribution in [3.63, 3.8) is 0 Å². The first kappa shape index (κ1) is 17.0. The molecule has 25 heavy (non-hydrogen) atoms. The SMILES string of the molecule is CC(C)NC(=O)C1CC1C(=O)Nc1ccccc1Oc1ccccc1. The number of anilines is 1. The van der Waals surface area contributed by atoms with Crippen LogP contribution in [0.4, 0.5) is 5.69 Å². The quantitative estimate of drug-likeness (QED) is 0.846. The Bertz CT molecular complexity index is 759. The molecule has 5 heteroatoms. The van der Waals surface area contributed by atoms with Gasteiger partial charge in [0.25, 0.3) is 0 Å². The molecule has 3 rings (SSSR count). The maximum Gasteiger partial charge on any atom is 0.228 e. The number of hydrogen-bond donors (Lipinski definition) is 2. The lowest BCUT2D eigenvalue weighted by Crippen LogP contribution is -2.32. The molecule has 2 atom stereocenters. The molecule has 1 fully saturated rings. The van der Waals surface area contributed by atoms with Crippen LogP contribution in [0.5, 0.6) is 11.5 Å². The van der Waals surface area contributed by atoms with Crippen molar-refractivity contribution in [2.45, 2.75) is 26.3 Å². The highest BCUT2D eigenvalue weighted by Crippen LogP contribution is 2.40. The Morgan fingerprint density at radius 1 is 0.960 bits per heavy atom. The second-order valence-corrected chi connectivity index (χ2v) is 6.51. The maximum absolute atomic E-state index is 12.4. The number of para-hydroxylation sites is 3. The number of benzene rings is 2. The molecule has 1 aliphatic rings. The van der Waals surface area contributed by atoms with E-state index in [-0.39, 0.29) is 29.7 Å². The molecule has 1 saturated carbocycles. The highest BCUT2D eigenvalue weighted by Gasteiger charge is 2.48. The fourth-order valence-electron chi connectivity index (χ4n) is 2.67. The number of nitrogens with one attached hydrogen (secondary N) is 2. The van der Waals surface area contributed by atoms with Gasteiger partial charge in [-0.15, -0.1) is 0 Å². The minimum absolute atomic E-state index is 0.0519. The molecule has 0 bridgehead atoms. The van der Waals surface area contributed by atoms with Crippen molar-refractivity contribution < 1.29 is 14.3 Å². The predicted molar refractivity (Wildman–Crippen MR) is 96.5 cm³/mol. The first-order valence-electron chi connectivity index (χ1n) is 8.48. The van der Waals surface area contributed by atoms with Gasteiger partial charge in [-0.05, 0) is 44.5 Å². The Labute approximate surface area is 147 Å². The zero-order chi connectivity index (χ0) is 17.8. The highest BCUT2D eigenvalue weighted by atomic mass is 16.5. The molecule has 2 amide bonds. The van der Waals surface area contributed by atoms with E-state index in [1.54, 1.807) is 12.1 Å². The van der Waals surface area contributed by atoms with Gasteiger partial charge >= 0.3 is 0 Å². The van der Waals surface area contributed by atoms with E-state index in [9.17, 15) is 9.59 Å². The normalized spacial score (nSPS) is 18.5. The fraction of sp³-hybridized carbons (Fsp3) is 0.300. The summed E-state index contributed by atoms with van der Waals surface area (Å²) < 4.78 is 5.84. The van der Waals surface area contributed by atoms with Crippen LogP contribution in [-0.2, 0) is 9.59 Å². The minimum Gasteiger partial charge on any atom is -0.455 e. The molecule has 0 aromatic heterocycles. The molecule has 0 aliphatic heterocycles. The second kappa shape index (κ2) is 7.38. The Morgan fingerprint density at radius 2 is 1.60 bits per heavy atom. The molecule has 2 aromatic rings. The zero-order valence-electron chi connectivity index (χ0n) is 14.4. The van der Waals surface area contributed by atoms with Crippen LogP contribution in [0.15, 0.2) is 54.6 Å². The molecule has 5 nitrogen and oxygen atoms in total. The standard InChI is InChI=1S/C20H22N2O3/c1-13(2)21-19(23)15-12-16(15)20(24)22-17-10-6-7-11-18(17)25-14-8-4-3-5-9-14/h3-11,13,15-16H,12H2,1-2H3,(H,21,23)(H,22,24). The topological polar surface area (TPSA) is 67.4 Å². The van der Waals surface area contributed by atoms with E-state index in [0.717, 1.165) is 0 Å². The van der Waals surface area contributed by atoms with Gasteiger partial charge in [-0.3, -0.25) is 9.59 Å². The third-order valence-corrected chi connectivity index (χ3v) is 4.01. The summed E-state index contributed by atoms with van der Waals surface area (Å²) in [6.45, 7) is 3.82. The third kappa shape index (κ3) is 4.38. The molecule has 0 radical (unpaired) electrons.